The summed E-state index contributed by atoms with van der Waals surface area (Å²) in [5, 5.41) is 11.0. The molecule has 27 heavy (non-hydrogen) atoms. The first-order chi connectivity index (χ1) is 12.9. The average Bonchev–Trinajstić information content (AvgIpc) is 3.08. The van der Waals surface area contributed by atoms with Gasteiger partial charge in [0.2, 0.25) is 0 Å². The van der Waals surface area contributed by atoms with Gasteiger partial charge < -0.3 is 10.1 Å². The van der Waals surface area contributed by atoms with Crippen LogP contribution in [0, 0.1) is 17.5 Å². The zero-order valence-electron chi connectivity index (χ0n) is 14.4. The summed E-state index contributed by atoms with van der Waals surface area (Å²) in [5.41, 5.74) is 1.48. The molecule has 1 aromatic carbocycles. The number of aromatic amines is 1. The van der Waals surface area contributed by atoms with E-state index in [1.165, 1.54) is 12.4 Å². The molecule has 0 aliphatic rings. The monoisotopic (exact) mass is 371 g/mol. The van der Waals surface area contributed by atoms with Crippen molar-refractivity contribution in [3.63, 3.8) is 0 Å². The smallest absolute Gasteiger partial charge is 0.167 e. The summed E-state index contributed by atoms with van der Waals surface area (Å²) in [6.07, 6.45) is 6.36. The largest absolute Gasteiger partial charge is 0.383 e. The van der Waals surface area contributed by atoms with Gasteiger partial charge in [0.15, 0.2) is 11.6 Å². The Hall–Kier alpha value is -3.19. The van der Waals surface area contributed by atoms with Crippen molar-refractivity contribution >= 4 is 23.3 Å². The highest BCUT2D eigenvalue weighted by molar-refractivity contribution is 5.84. The third kappa shape index (κ3) is 3.54. The number of hydrogen-bond donors (Lipinski definition) is 2. The third-order valence-electron chi connectivity index (χ3n) is 4.20. The van der Waals surface area contributed by atoms with Crippen LogP contribution in [-0.2, 0) is 0 Å². The zero-order valence-corrected chi connectivity index (χ0v) is 14.4. The molecule has 0 radical (unpaired) electrons. The minimum absolute atomic E-state index is 0.193. The molecule has 0 saturated heterocycles. The molecule has 0 bridgehead atoms. The van der Waals surface area contributed by atoms with Crippen molar-refractivity contribution in [1.29, 1.82) is 0 Å². The summed E-state index contributed by atoms with van der Waals surface area (Å²) in [7, 11) is 0. The third-order valence-corrected chi connectivity index (χ3v) is 4.20. The molecular formula is C20H16F3N3O. The fraction of sp³-hybridized carbons (Fsp3) is 0.100. The Balaban J connectivity index is 2.09. The SMILES string of the molecule is C=N/C=C\C=C(/C)c1cnc2[nH]cc(C(O)c3c(F)ccc(F)c3F)c2c1. The maximum absolute atomic E-state index is 14.1. The topological polar surface area (TPSA) is 61.3 Å². The van der Waals surface area contributed by atoms with E-state index in [9.17, 15) is 18.3 Å². The summed E-state index contributed by atoms with van der Waals surface area (Å²) in [4.78, 5) is 10.7. The van der Waals surface area contributed by atoms with Crippen LogP contribution in [0.5, 0.6) is 0 Å². The Morgan fingerprint density at radius 2 is 2.04 bits per heavy atom. The minimum Gasteiger partial charge on any atom is -0.383 e. The van der Waals surface area contributed by atoms with Crippen LogP contribution in [0.25, 0.3) is 16.6 Å². The van der Waals surface area contributed by atoms with Gasteiger partial charge in [-0.3, -0.25) is 4.99 Å². The number of fused-ring (bicyclic) bond motifs is 1. The molecule has 0 fully saturated rings. The predicted octanol–water partition coefficient (Wildman–Crippen LogP) is 4.68. The number of rotatable bonds is 5. The number of aliphatic hydroxyl groups excluding tert-OH is 1. The van der Waals surface area contributed by atoms with Crippen LogP contribution in [0.4, 0.5) is 13.2 Å². The minimum atomic E-state index is -1.69. The number of aliphatic hydroxyl groups is 1. The fourth-order valence-electron chi connectivity index (χ4n) is 2.76. The summed E-state index contributed by atoms with van der Waals surface area (Å²) in [5.74, 6) is -3.68. The Bertz CT molecular complexity index is 1070. The van der Waals surface area contributed by atoms with Crippen LogP contribution in [-0.4, -0.2) is 21.8 Å². The van der Waals surface area contributed by atoms with E-state index < -0.39 is 29.1 Å². The fourth-order valence-corrected chi connectivity index (χ4v) is 2.76. The van der Waals surface area contributed by atoms with E-state index in [0.717, 1.165) is 17.2 Å². The van der Waals surface area contributed by atoms with Crippen LogP contribution < -0.4 is 0 Å². The standard InChI is InChI=1S/C20H16F3N3O/c1-11(4-3-7-24-2)12-8-13-14(10-26-20(13)25-9-12)19(27)17-15(21)5-6-16(22)18(17)23/h3-10,19,27H,2H2,1H3,(H,25,26)/b7-3-,11-4+. The van der Waals surface area contributed by atoms with Crippen molar-refractivity contribution in [2.75, 3.05) is 0 Å². The van der Waals surface area contributed by atoms with Gasteiger partial charge in [-0.1, -0.05) is 6.08 Å². The molecule has 7 heteroatoms. The maximum atomic E-state index is 14.1. The highest BCUT2D eigenvalue weighted by atomic mass is 19.2. The number of nitrogens with zero attached hydrogens (tertiary/aromatic N) is 2. The molecule has 1 atom stereocenters. The van der Waals surface area contributed by atoms with Crippen LogP contribution in [0.3, 0.4) is 0 Å². The van der Waals surface area contributed by atoms with Crippen LogP contribution in [0.2, 0.25) is 0 Å². The molecule has 3 rings (SSSR count). The molecule has 1 unspecified atom stereocenters. The molecule has 0 aliphatic carbocycles. The van der Waals surface area contributed by atoms with Crippen LogP contribution in [0.1, 0.15) is 29.7 Å². The van der Waals surface area contributed by atoms with Crippen molar-refractivity contribution in [3.8, 4) is 0 Å². The van der Waals surface area contributed by atoms with E-state index in [2.05, 4.69) is 21.7 Å². The number of H-pyrrole nitrogens is 1. The van der Waals surface area contributed by atoms with Gasteiger partial charge in [-0.2, -0.15) is 0 Å². The molecule has 0 saturated carbocycles. The Kier molecular flexibility index (Phi) is 5.23. The van der Waals surface area contributed by atoms with Gasteiger partial charge >= 0.3 is 0 Å². The molecule has 2 aromatic heterocycles. The van der Waals surface area contributed by atoms with Gasteiger partial charge in [0.25, 0.3) is 0 Å². The van der Waals surface area contributed by atoms with Gasteiger partial charge in [-0.05, 0) is 49.1 Å². The highest BCUT2D eigenvalue weighted by Crippen LogP contribution is 2.33. The first-order valence-electron chi connectivity index (χ1n) is 8.02. The summed E-state index contributed by atoms with van der Waals surface area (Å²) >= 11 is 0. The Labute approximate surface area is 153 Å². The molecule has 138 valence electrons. The Morgan fingerprint density at radius 3 is 2.78 bits per heavy atom. The number of halogens is 3. The second-order valence-corrected chi connectivity index (χ2v) is 5.90. The van der Waals surface area contributed by atoms with Crippen molar-refractivity contribution in [3.05, 3.63) is 83.1 Å². The quantitative estimate of drug-likeness (QED) is 0.389. The molecule has 3 aromatic rings. The molecule has 2 heterocycles. The van der Waals surface area contributed by atoms with Crippen molar-refractivity contribution < 1.29 is 18.3 Å². The number of allylic oxidation sites excluding steroid dienone is 3. The number of benzene rings is 1. The van der Waals surface area contributed by atoms with Gasteiger partial charge in [-0.15, -0.1) is 0 Å². The molecule has 0 spiro atoms. The van der Waals surface area contributed by atoms with Crippen molar-refractivity contribution in [2.45, 2.75) is 13.0 Å². The first-order valence-corrected chi connectivity index (χ1v) is 8.02. The van der Waals surface area contributed by atoms with E-state index in [1.54, 1.807) is 24.4 Å². The lowest BCUT2D eigenvalue weighted by Gasteiger charge is -2.13. The lowest BCUT2D eigenvalue weighted by molar-refractivity contribution is 0.208. The first kappa shape index (κ1) is 18.6. The lowest BCUT2D eigenvalue weighted by atomic mass is 9.99. The number of nitrogens with one attached hydrogen (secondary N) is 1. The van der Waals surface area contributed by atoms with E-state index >= 15 is 0 Å². The highest BCUT2D eigenvalue weighted by Gasteiger charge is 2.25. The lowest BCUT2D eigenvalue weighted by Crippen LogP contribution is -2.07. The van der Waals surface area contributed by atoms with E-state index in [-0.39, 0.29) is 5.56 Å². The summed E-state index contributed by atoms with van der Waals surface area (Å²) in [6, 6.07) is 3.19. The molecule has 0 amide bonds. The van der Waals surface area contributed by atoms with Gasteiger partial charge in [0.05, 0.1) is 5.56 Å². The Morgan fingerprint density at radius 1 is 1.30 bits per heavy atom. The number of pyridine rings is 1. The van der Waals surface area contributed by atoms with E-state index in [0.29, 0.717) is 17.1 Å². The molecule has 2 N–H and O–H groups in total. The van der Waals surface area contributed by atoms with E-state index in [1.807, 2.05) is 6.92 Å². The van der Waals surface area contributed by atoms with Gasteiger partial charge in [-0.25, -0.2) is 18.2 Å². The summed E-state index contributed by atoms with van der Waals surface area (Å²) < 4.78 is 41.6. The maximum Gasteiger partial charge on any atom is 0.167 e. The predicted molar refractivity (Wildman–Crippen MR) is 98.8 cm³/mol. The average molecular weight is 371 g/mol. The molecule has 4 nitrogen and oxygen atoms in total. The number of hydrogen-bond acceptors (Lipinski definition) is 3. The molecule has 0 aliphatic heterocycles. The number of aromatic nitrogens is 2. The van der Waals surface area contributed by atoms with Crippen LogP contribution in [0.15, 0.2) is 53.9 Å². The van der Waals surface area contributed by atoms with Crippen molar-refractivity contribution in [1.82, 2.24) is 9.97 Å². The normalized spacial score (nSPS) is 13.4. The van der Waals surface area contributed by atoms with Gasteiger partial charge in [0.1, 0.15) is 17.6 Å². The van der Waals surface area contributed by atoms with E-state index in [4.69, 9.17) is 0 Å². The van der Waals surface area contributed by atoms with Crippen molar-refractivity contribution in [2.24, 2.45) is 4.99 Å². The van der Waals surface area contributed by atoms with Gasteiger partial charge in [0, 0.05) is 29.5 Å². The number of aliphatic imine (C=N–C) groups is 1. The zero-order chi connectivity index (χ0) is 19.6. The van der Waals surface area contributed by atoms with Crippen LogP contribution >= 0.6 is 0 Å². The summed E-state index contributed by atoms with van der Waals surface area (Å²) in [6.45, 7) is 5.20. The second-order valence-electron chi connectivity index (χ2n) is 5.90. The molecular weight excluding hydrogens is 355 g/mol. The second kappa shape index (κ2) is 7.59.